The largest absolute Gasteiger partial charge is 0.481 e. The molecule has 3 nitrogen and oxygen atoms in total. The first kappa shape index (κ1) is 11.9. The van der Waals surface area contributed by atoms with Crippen LogP contribution in [0.1, 0.15) is 12.0 Å². The van der Waals surface area contributed by atoms with Gasteiger partial charge in [0.15, 0.2) is 0 Å². The van der Waals surface area contributed by atoms with Crippen LogP contribution in [0.5, 0.6) is 0 Å². The third-order valence-corrected chi connectivity index (χ3v) is 2.64. The Kier molecular flexibility index (Phi) is 3.97. The number of hydrogen-bond donors (Lipinski definition) is 2. The van der Waals surface area contributed by atoms with Crippen molar-refractivity contribution in [2.45, 2.75) is 12.8 Å². The number of anilines is 1. The highest BCUT2D eigenvalue weighted by Gasteiger charge is 2.21. The van der Waals surface area contributed by atoms with Crippen LogP contribution >= 0.6 is 12.4 Å². The van der Waals surface area contributed by atoms with Crippen molar-refractivity contribution in [2.24, 2.45) is 5.92 Å². The minimum absolute atomic E-state index is 0. The molecule has 1 unspecified atom stereocenters. The average Bonchev–Trinajstić information content (AvgIpc) is 2.39. The third-order valence-electron chi connectivity index (χ3n) is 2.64. The lowest BCUT2D eigenvalue weighted by atomic mass is 9.97. The van der Waals surface area contributed by atoms with Crippen LogP contribution in [0.4, 0.5) is 5.69 Å². The molecule has 0 bridgehead atoms. The summed E-state index contributed by atoms with van der Waals surface area (Å²) in [6.45, 7) is 0.744. The minimum atomic E-state index is -0.691. The molecule has 0 spiro atoms. The number of aliphatic carboxylic acids is 1. The lowest BCUT2D eigenvalue weighted by Gasteiger charge is -2.07. The molecule has 1 aliphatic heterocycles. The number of fused-ring (bicyclic) bond motifs is 1. The summed E-state index contributed by atoms with van der Waals surface area (Å²) < 4.78 is 0. The van der Waals surface area contributed by atoms with Crippen LogP contribution in [-0.2, 0) is 11.2 Å². The standard InChI is InChI=1S/C11H13NO2.ClH/c13-11(14)9-5-6-12-10-4-2-1-3-8(10)7-9;/h1-4,9,12H,5-7H2,(H,13,14);1H. The van der Waals surface area contributed by atoms with Crippen molar-refractivity contribution in [3.8, 4) is 0 Å². The topological polar surface area (TPSA) is 49.3 Å². The lowest BCUT2D eigenvalue weighted by molar-refractivity contribution is -0.141. The molecule has 2 N–H and O–H groups in total. The quantitative estimate of drug-likeness (QED) is 0.773. The van der Waals surface area contributed by atoms with Crippen molar-refractivity contribution in [1.29, 1.82) is 0 Å². The molecule has 0 saturated carbocycles. The Morgan fingerprint density at radius 2 is 2.13 bits per heavy atom. The number of rotatable bonds is 1. The van der Waals surface area contributed by atoms with Gasteiger partial charge >= 0.3 is 5.97 Å². The van der Waals surface area contributed by atoms with Crippen molar-refractivity contribution in [3.63, 3.8) is 0 Å². The van der Waals surface area contributed by atoms with Gasteiger partial charge in [-0.15, -0.1) is 12.4 Å². The van der Waals surface area contributed by atoms with E-state index >= 15 is 0 Å². The molecule has 1 heterocycles. The summed E-state index contributed by atoms with van der Waals surface area (Å²) in [6, 6.07) is 7.90. The van der Waals surface area contributed by atoms with Crippen molar-refractivity contribution < 1.29 is 9.90 Å². The van der Waals surface area contributed by atoms with E-state index < -0.39 is 5.97 Å². The van der Waals surface area contributed by atoms with Crippen LogP contribution in [0.25, 0.3) is 0 Å². The van der Waals surface area contributed by atoms with E-state index in [0.29, 0.717) is 12.8 Å². The fourth-order valence-electron chi connectivity index (χ4n) is 1.83. The number of carboxylic acid groups (broad SMARTS) is 1. The zero-order valence-corrected chi connectivity index (χ0v) is 9.09. The van der Waals surface area contributed by atoms with Crippen LogP contribution in [0.2, 0.25) is 0 Å². The second-order valence-corrected chi connectivity index (χ2v) is 3.61. The van der Waals surface area contributed by atoms with Crippen molar-refractivity contribution in [1.82, 2.24) is 0 Å². The van der Waals surface area contributed by atoms with Crippen LogP contribution in [-0.4, -0.2) is 17.6 Å². The minimum Gasteiger partial charge on any atom is -0.481 e. The van der Waals surface area contributed by atoms with E-state index in [4.69, 9.17) is 5.11 Å². The molecule has 15 heavy (non-hydrogen) atoms. The number of halogens is 1. The highest BCUT2D eigenvalue weighted by molar-refractivity contribution is 5.85. The van der Waals surface area contributed by atoms with E-state index in [-0.39, 0.29) is 18.3 Å². The van der Waals surface area contributed by atoms with Gasteiger partial charge in [0.2, 0.25) is 0 Å². The van der Waals surface area contributed by atoms with Gasteiger partial charge in [-0.3, -0.25) is 4.79 Å². The Balaban J connectivity index is 0.00000112. The summed E-state index contributed by atoms with van der Waals surface area (Å²) in [7, 11) is 0. The number of nitrogens with one attached hydrogen (secondary N) is 1. The van der Waals surface area contributed by atoms with Crippen LogP contribution in [0, 0.1) is 5.92 Å². The smallest absolute Gasteiger partial charge is 0.306 e. The molecule has 0 aliphatic carbocycles. The maximum Gasteiger partial charge on any atom is 0.306 e. The number of benzene rings is 1. The normalized spacial score (nSPS) is 19.1. The van der Waals surface area contributed by atoms with E-state index in [1.54, 1.807) is 0 Å². The van der Waals surface area contributed by atoms with E-state index in [2.05, 4.69) is 5.32 Å². The predicted molar refractivity (Wildman–Crippen MR) is 61.6 cm³/mol. The molecule has 1 aliphatic rings. The number of carboxylic acids is 1. The van der Waals surface area contributed by atoms with Gasteiger partial charge in [0.05, 0.1) is 5.92 Å². The van der Waals surface area contributed by atoms with Gasteiger partial charge in [-0.1, -0.05) is 18.2 Å². The molecule has 0 aromatic heterocycles. The molecule has 1 atom stereocenters. The Morgan fingerprint density at radius 1 is 1.40 bits per heavy atom. The third kappa shape index (κ3) is 2.63. The van der Waals surface area contributed by atoms with Gasteiger partial charge in [0, 0.05) is 12.2 Å². The average molecular weight is 228 g/mol. The van der Waals surface area contributed by atoms with Gasteiger partial charge in [0.25, 0.3) is 0 Å². The molecule has 1 aromatic rings. The van der Waals surface area contributed by atoms with E-state index in [0.717, 1.165) is 17.8 Å². The SMILES string of the molecule is Cl.O=C(O)C1CCNc2ccccc2C1. The van der Waals surface area contributed by atoms with E-state index in [1.165, 1.54) is 0 Å². The van der Waals surface area contributed by atoms with Crippen molar-refractivity contribution in [2.75, 3.05) is 11.9 Å². The van der Waals surface area contributed by atoms with Gasteiger partial charge in [-0.05, 0) is 24.5 Å². The number of para-hydroxylation sites is 1. The Labute approximate surface area is 94.9 Å². The highest BCUT2D eigenvalue weighted by atomic mass is 35.5. The molecular weight excluding hydrogens is 214 g/mol. The molecule has 2 rings (SSSR count). The number of hydrogen-bond acceptors (Lipinski definition) is 2. The first-order valence-corrected chi connectivity index (χ1v) is 4.82. The summed E-state index contributed by atoms with van der Waals surface area (Å²) in [5, 5.41) is 12.2. The zero-order valence-electron chi connectivity index (χ0n) is 8.27. The molecule has 4 heteroatoms. The highest BCUT2D eigenvalue weighted by Crippen LogP contribution is 2.24. The molecule has 0 fully saturated rings. The lowest BCUT2D eigenvalue weighted by Crippen LogP contribution is -2.16. The zero-order chi connectivity index (χ0) is 9.97. The number of carbonyl (C=O) groups is 1. The Morgan fingerprint density at radius 3 is 2.87 bits per heavy atom. The molecule has 0 saturated heterocycles. The fraction of sp³-hybridized carbons (Fsp3) is 0.364. The summed E-state index contributed by atoms with van der Waals surface area (Å²) in [4.78, 5) is 10.9. The van der Waals surface area contributed by atoms with Crippen molar-refractivity contribution in [3.05, 3.63) is 29.8 Å². The maximum absolute atomic E-state index is 10.9. The maximum atomic E-state index is 10.9. The van der Waals surface area contributed by atoms with Gasteiger partial charge in [-0.2, -0.15) is 0 Å². The predicted octanol–water partition coefficient (Wildman–Crippen LogP) is 2.17. The second kappa shape index (κ2) is 5.03. The Bertz CT molecular complexity index is 354. The molecular formula is C11H14ClNO2. The summed E-state index contributed by atoms with van der Waals surface area (Å²) in [6.07, 6.45) is 1.34. The molecule has 0 amide bonds. The Hall–Kier alpha value is -1.22. The van der Waals surface area contributed by atoms with Crippen LogP contribution in [0.15, 0.2) is 24.3 Å². The van der Waals surface area contributed by atoms with Crippen molar-refractivity contribution >= 4 is 24.1 Å². The monoisotopic (exact) mass is 227 g/mol. The first-order chi connectivity index (χ1) is 6.77. The van der Waals surface area contributed by atoms with E-state index in [1.807, 2.05) is 24.3 Å². The van der Waals surface area contributed by atoms with Gasteiger partial charge in [0.1, 0.15) is 0 Å². The van der Waals surface area contributed by atoms with Crippen LogP contribution in [0.3, 0.4) is 0 Å². The van der Waals surface area contributed by atoms with Crippen LogP contribution < -0.4 is 5.32 Å². The van der Waals surface area contributed by atoms with E-state index in [9.17, 15) is 4.79 Å². The molecule has 1 aromatic carbocycles. The molecule has 0 radical (unpaired) electrons. The summed E-state index contributed by atoms with van der Waals surface area (Å²) in [5.41, 5.74) is 2.19. The summed E-state index contributed by atoms with van der Waals surface area (Å²) in [5.74, 6) is -0.936. The second-order valence-electron chi connectivity index (χ2n) is 3.61. The van der Waals surface area contributed by atoms with Gasteiger partial charge in [-0.25, -0.2) is 0 Å². The first-order valence-electron chi connectivity index (χ1n) is 4.82. The fourth-order valence-corrected chi connectivity index (χ4v) is 1.83. The molecule has 82 valence electrons. The summed E-state index contributed by atoms with van der Waals surface area (Å²) >= 11 is 0. The van der Waals surface area contributed by atoms with Gasteiger partial charge < -0.3 is 10.4 Å².